The van der Waals surface area contributed by atoms with Gasteiger partial charge in [-0.15, -0.1) is 10.2 Å². The van der Waals surface area contributed by atoms with Crippen molar-refractivity contribution in [3.05, 3.63) is 33.9 Å². The topological polar surface area (TPSA) is 55.6 Å². The van der Waals surface area contributed by atoms with Crippen molar-refractivity contribution in [2.24, 2.45) is 0 Å². The smallest absolute Gasteiger partial charge is 0.152 e. The van der Waals surface area contributed by atoms with E-state index in [1.807, 2.05) is 6.92 Å². The summed E-state index contributed by atoms with van der Waals surface area (Å²) in [6, 6.07) is 2.06. The second kappa shape index (κ2) is 5.91. The molecule has 6 heteroatoms. The zero-order valence-electron chi connectivity index (χ0n) is 11.6. The van der Waals surface area contributed by atoms with Crippen LogP contribution >= 0.6 is 15.9 Å². The van der Waals surface area contributed by atoms with E-state index in [-0.39, 0.29) is 0 Å². The standard InChI is InChI=1S/C14H18BrN5/c1-10-7-11(15)8-16-14(10)17-9-13-19-18-12-5-3-2-4-6-20(12)13/h7-8H,2-6,9H2,1H3,(H,16,17). The predicted molar refractivity (Wildman–Crippen MR) is 81.6 cm³/mol. The number of nitrogens with zero attached hydrogens (tertiary/aromatic N) is 4. The second-order valence-electron chi connectivity index (χ2n) is 5.17. The number of aryl methyl sites for hydroxylation is 2. The van der Waals surface area contributed by atoms with Crippen LogP contribution < -0.4 is 5.32 Å². The molecule has 0 bridgehead atoms. The fourth-order valence-electron chi connectivity index (χ4n) is 2.56. The highest BCUT2D eigenvalue weighted by Crippen LogP contribution is 2.18. The molecule has 0 saturated heterocycles. The number of pyridine rings is 1. The molecule has 2 aromatic rings. The Labute approximate surface area is 127 Å². The normalized spacial score (nSPS) is 14.7. The van der Waals surface area contributed by atoms with Crippen LogP contribution in [0.5, 0.6) is 0 Å². The Bertz CT molecular complexity index is 608. The molecule has 1 aliphatic rings. The lowest BCUT2D eigenvalue weighted by Gasteiger charge is -2.10. The molecule has 20 heavy (non-hydrogen) atoms. The second-order valence-corrected chi connectivity index (χ2v) is 6.08. The third kappa shape index (κ3) is 2.85. The molecule has 0 aliphatic carbocycles. The molecule has 106 valence electrons. The van der Waals surface area contributed by atoms with Gasteiger partial charge in [-0.1, -0.05) is 6.42 Å². The number of hydrogen-bond acceptors (Lipinski definition) is 4. The molecule has 1 N–H and O–H groups in total. The van der Waals surface area contributed by atoms with Gasteiger partial charge in [0.1, 0.15) is 11.6 Å². The number of rotatable bonds is 3. The summed E-state index contributed by atoms with van der Waals surface area (Å²) in [7, 11) is 0. The van der Waals surface area contributed by atoms with Crippen LogP contribution in [0.15, 0.2) is 16.7 Å². The maximum atomic E-state index is 4.39. The molecule has 0 amide bonds. The van der Waals surface area contributed by atoms with E-state index in [4.69, 9.17) is 0 Å². The van der Waals surface area contributed by atoms with Crippen LogP contribution in [-0.4, -0.2) is 19.7 Å². The first kappa shape index (κ1) is 13.5. The number of hydrogen-bond donors (Lipinski definition) is 1. The molecule has 0 spiro atoms. The van der Waals surface area contributed by atoms with Crippen molar-refractivity contribution in [3.8, 4) is 0 Å². The Morgan fingerprint density at radius 3 is 3.05 bits per heavy atom. The third-order valence-corrected chi connectivity index (χ3v) is 4.08. The average molecular weight is 336 g/mol. The van der Waals surface area contributed by atoms with E-state index in [0.717, 1.165) is 40.5 Å². The number of fused-ring (bicyclic) bond motifs is 1. The minimum atomic E-state index is 0.669. The first-order valence-corrected chi connectivity index (χ1v) is 7.80. The molecular formula is C14H18BrN5. The zero-order valence-corrected chi connectivity index (χ0v) is 13.2. The molecule has 0 fully saturated rings. The van der Waals surface area contributed by atoms with Crippen molar-refractivity contribution in [2.45, 2.75) is 45.7 Å². The van der Waals surface area contributed by atoms with Gasteiger partial charge in [0.15, 0.2) is 5.82 Å². The number of nitrogens with one attached hydrogen (secondary N) is 1. The van der Waals surface area contributed by atoms with Crippen LogP contribution in [0.1, 0.15) is 36.5 Å². The van der Waals surface area contributed by atoms with E-state index in [9.17, 15) is 0 Å². The minimum Gasteiger partial charge on any atom is -0.363 e. The molecule has 1 aliphatic heterocycles. The predicted octanol–water partition coefficient (Wildman–Crippen LogP) is 3.08. The van der Waals surface area contributed by atoms with Crippen molar-refractivity contribution < 1.29 is 0 Å². The highest BCUT2D eigenvalue weighted by Gasteiger charge is 2.14. The molecule has 2 aromatic heterocycles. The first-order valence-electron chi connectivity index (χ1n) is 7.01. The van der Waals surface area contributed by atoms with Gasteiger partial charge in [-0.2, -0.15) is 0 Å². The highest BCUT2D eigenvalue weighted by molar-refractivity contribution is 9.10. The highest BCUT2D eigenvalue weighted by atomic mass is 79.9. The molecule has 3 heterocycles. The van der Waals surface area contributed by atoms with E-state index >= 15 is 0 Å². The van der Waals surface area contributed by atoms with Gasteiger partial charge in [-0.05, 0) is 47.3 Å². The first-order chi connectivity index (χ1) is 9.74. The Morgan fingerprint density at radius 2 is 2.20 bits per heavy atom. The Morgan fingerprint density at radius 1 is 1.30 bits per heavy atom. The third-order valence-electron chi connectivity index (χ3n) is 3.64. The van der Waals surface area contributed by atoms with Gasteiger partial charge in [-0.3, -0.25) is 0 Å². The molecule has 0 saturated carbocycles. The van der Waals surface area contributed by atoms with Gasteiger partial charge in [0, 0.05) is 23.6 Å². The Kier molecular flexibility index (Phi) is 4.00. The van der Waals surface area contributed by atoms with Crippen LogP contribution in [0.2, 0.25) is 0 Å². The molecule has 3 rings (SSSR count). The van der Waals surface area contributed by atoms with E-state index in [2.05, 4.69) is 47.1 Å². The number of anilines is 1. The van der Waals surface area contributed by atoms with Crippen molar-refractivity contribution >= 4 is 21.7 Å². The van der Waals surface area contributed by atoms with Crippen molar-refractivity contribution in [1.29, 1.82) is 0 Å². The van der Waals surface area contributed by atoms with E-state index in [0.29, 0.717) is 6.54 Å². The number of halogens is 1. The molecule has 0 atom stereocenters. The zero-order chi connectivity index (χ0) is 13.9. The Balaban J connectivity index is 1.74. The van der Waals surface area contributed by atoms with Gasteiger partial charge in [0.25, 0.3) is 0 Å². The summed E-state index contributed by atoms with van der Waals surface area (Å²) < 4.78 is 3.26. The molecule has 0 aromatic carbocycles. The van der Waals surface area contributed by atoms with Gasteiger partial charge < -0.3 is 9.88 Å². The van der Waals surface area contributed by atoms with E-state index in [1.165, 1.54) is 19.3 Å². The van der Waals surface area contributed by atoms with Crippen LogP contribution in [0.4, 0.5) is 5.82 Å². The van der Waals surface area contributed by atoms with Crippen molar-refractivity contribution in [1.82, 2.24) is 19.7 Å². The van der Waals surface area contributed by atoms with Crippen LogP contribution in [0.3, 0.4) is 0 Å². The van der Waals surface area contributed by atoms with Crippen molar-refractivity contribution in [2.75, 3.05) is 5.32 Å². The summed E-state index contributed by atoms with van der Waals surface area (Å²) in [5.74, 6) is 3.03. The fourth-order valence-corrected chi connectivity index (χ4v) is 3.01. The van der Waals surface area contributed by atoms with Crippen LogP contribution in [0, 0.1) is 6.92 Å². The summed E-state index contributed by atoms with van der Waals surface area (Å²) in [5.41, 5.74) is 1.12. The van der Waals surface area contributed by atoms with Gasteiger partial charge >= 0.3 is 0 Å². The van der Waals surface area contributed by atoms with Crippen molar-refractivity contribution in [3.63, 3.8) is 0 Å². The summed E-state index contributed by atoms with van der Waals surface area (Å²) in [5, 5.41) is 12.0. The van der Waals surface area contributed by atoms with Gasteiger partial charge in [0.05, 0.1) is 6.54 Å². The summed E-state index contributed by atoms with van der Waals surface area (Å²) >= 11 is 3.43. The quantitative estimate of drug-likeness (QED) is 0.936. The SMILES string of the molecule is Cc1cc(Br)cnc1NCc1nnc2n1CCCCC2. The van der Waals surface area contributed by atoms with Crippen LogP contribution in [0.25, 0.3) is 0 Å². The lowest BCUT2D eigenvalue weighted by atomic mass is 10.2. The molecule has 5 nitrogen and oxygen atoms in total. The van der Waals surface area contributed by atoms with Gasteiger partial charge in [0.2, 0.25) is 0 Å². The van der Waals surface area contributed by atoms with E-state index in [1.54, 1.807) is 6.20 Å². The fraction of sp³-hybridized carbons (Fsp3) is 0.500. The van der Waals surface area contributed by atoms with E-state index < -0.39 is 0 Å². The maximum absolute atomic E-state index is 4.39. The Hall–Kier alpha value is -1.43. The number of aromatic nitrogens is 4. The van der Waals surface area contributed by atoms with Gasteiger partial charge in [-0.25, -0.2) is 4.98 Å². The van der Waals surface area contributed by atoms with Crippen LogP contribution in [-0.2, 0) is 19.5 Å². The average Bonchev–Trinajstić information content (AvgIpc) is 2.66. The molecule has 0 unspecified atom stereocenters. The summed E-state index contributed by atoms with van der Waals surface area (Å²) in [4.78, 5) is 4.39. The monoisotopic (exact) mass is 335 g/mol. The molecule has 0 radical (unpaired) electrons. The minimum absolute atomic E-state index is 0.669. The summed E-state index contributed by atoms with van der Waals surface area (Å²) in [6.45, 7) is 3.75. The maximum Gasteiger partial charge on any atom is 0.152 e. The lowest BCUT2D eigenvalue weighted by Crippen LogP contribution is -2.11. The molecular weight excluding hydrogens is 318 g/mol. The lowest BCUT2D eigenvalue weighted by molar-refractivity contribution is 0.609. The largest absolute Gasteiger partial charge is 0.363 e. The summed E-state index contributed by atoms with van der Waals surface area (Å²) in [6.07, 6.45) is 6.57.